The summed E-state index contributed by atoms with van der Waals surface area (Å²) < 4.78 is 0. The SMILES string of the molecule is CCN1CCC(N(C)CC(CO)NC)CC1. The number of hydrogen-bond donors (Lipinski definition) is 2. The standard InChI is InChI=1S/C12H27N3O/c1-4-15-7-5-12(6-8-15)14(3)9-11(10-16)13-2/h11-13,16H,4-10H2,1-3H3. The van der Waals surface area contributed by atoms with Crippen molar-refractivity contribution in [2.24, 2.45) is 0 Å². The molecule has 1 aliphatic heterocycles. The van der Waals surface area contributed by atoms with E-state index in [1.165, 1.54) is 32.5 Å². The highest BCUT2D eigenvalue weighted by Crippen LogP contribution is 2.15. The van der Waals surface area contributed by atoms with Crippen molar-refractivity contribution in [3.8, 4) is 0 Å². The van der Waals surface area contributed by atoms with Gasteiger partial charge in [-0.3, -0.25) is 0 Å². The maximum atomic E-state index is 9.16. The van der Waals surface area contributed by atoms with Crippen molar-refractivity contribution in [3.63, 3.8) is 0 Å². The summed E-state index contributed by atoms with van der Waals surface area (Å²) in [6, 6.07) is 0.888. The van der Waals surface area contributed by atoms with Gasteiger partial charge in [0.15, 0.2) is 0 Å². The lowest BCUT2D eigenvalue weighted by Crippen LogP contribution is -2.48. The Morgan fingerprint density at radius 2 is 2.06 bits per heavy atom. The summed E-state index contributed by atoms with van der Waals surface area (Å²) in [6.07, 6.45) is 2.51. The van der Waals surface area contributed by atoms with Crippen LogP contribution >= 0.6 is 0 Å². The number of likely N-dealkylation sites (tertiary alicyclic amines) is 1. The predicted molar refractivity (Wildman–Crippen MR) is 67.7 cm³/mol. The van der Waals surface area contributed by atoms with Crippen molar-refractivity contribution >= 4 is 0 Å². The quantitative estimate of drug-likeness (QED) is 0.671. The van der Waals surface area contributed by atoms with E-state index >= 15 is 0 Å². The summed E-state index contributed by atoms with van der Waals surface area (Å²) in [5, 5.41) is 12.3. The van der Waals surface area contributed by atoms with Crippen LogP contribution in [0.3, 0.4) is 0 Å². The van der Waals surface area contributed by atoms with E-state index in [0.717, 1.165) is 6.54 Å². The van der Waals surface area contributed by atoms with E-state index in [0.29, 0.717) is 6.04 Å². The number of likely N-dealkylation sites (N-methyl/N-ethyl adjacent to an activating group) is 2. The summed E-state index contributed by atoms with van der Waals surface area (Å²) in [7, 11) is 4.08. The Balaban J connectivity index is 2.29. The molecule has 0 radical (unpaired) electrons. The Labute approximate surface area is 99.6 Å². The second-order valence-electron chi connectivity index (χ2n) is 4.77. The van der Waals surface area contributed by atoms with Crippen molar-refractivity contribution in [3.05, 3.63) is 0 Å². The number of nitrogens with zero attached hydrogens (tertiary/aromatic N) is 2. The minimum Gasteiger partial charge on any atom is -0.395 e. The van der Waals surface area contributed by atoms with E-state index in [1.54, 1.807) is 0 Å². The van der Waals surface area contributed by atoms with Crippen molar-refractivity contribution in [2.45, 2.75) is 31.8 Å². The number of hydrogen-bond acceptors (Lipinski definition) is 4. The van der Waals surface area contributed by atoms with Gasteiger partial charge in [0.25, 0.3) is 0 Å². The molecule has 1 saturated heterocycles. The van der Waals surface area contributed by atoms with Crippen molar-refractivity contribution in [1.29, 1.82) is 0 Å². The molecule has 0 aromatic rings. The first-order chi connectivity index (χ1) is 7.71. The smallest absolute Gasteiger partial charge is 0.0597 e. The molecule has 0 aliphatic carbocycles. The molecule has 1 fully saturated rings. The zero-order valence-corrected chi connectivity index (χ0v) is 10.9. The van der Waals surface area contributed by atoms with Crippen molar-refractivity contribution < 1.29 is 5.11 Å². The van der Waals surface area contributed by atoms with Gasteiger partial charge in [-0.2, -0.15) is 0 Å². The highest BCUT2D eigenvalue weighted by molar-refractivity contribution is 4.80. The Morgan fingerprint density at radius 3 is 2.50 bits per heavy atom. The predicted octanol–water partition coefficient (Wildman–Crippen LogP) is -0.0172. The van der Waals surface area contributed by atoms with Gasteiger partial charge in [-0.15, -0.1) is 0 Å². The highest BCUT2D eigenvalue weighted by Gasteiger charge is 2.22. The molecule has 0 amide bonds. The summed E-state index contributed by atoms with van der Waals surface area (Å²) in [4.78, 5) is 4.90. The molecule has 4 heteroatoms. The van der Waals surface area contributed by atoms with E-state index < -0.39 is 0 Å². The fraction of sp³-hybridized carbons (Fsp3) is 1.00. The van der Waals surface area contributed by atoms with E-state index in [4.69, 9.17) is 5.11 Å². The Kier molecular flexibility index (Phi) is 6.28. The van der Waals surface area contributed by atoms with Crippen LogP contribution in [0.25, 0.3) is 0 Å². The number of nitrogens with one attached hydrogen (secondary N) is 1. The third-order valence-corrected chi connectivity index (χ3v) is 3.76. The fourth-order valence-electron chi connectivity index (χ4n) is 2.41. The van der Waals surface area contributed by atoms with E-state index in [2.05, 4.69) is 29.1 Å². The molecule has 0 spiro atoms. The van der Waals surface area contributed by atoms with Crippen LogP contribution in [0.2, 0.25) is 0 Å². The van der Waals surface area contributed by atoms with Gasteiger partial charge < -0.3 is 20.2 Å². The van der Waals surface area contributed by atoms with E-state index in [-0.39, 0.29) is 12.6 Å². The van der Waals surface area contributed by atoms with Crippen molar-refractivity contribution in [1.82, 2.24) is 15.1 Å². The van der Waals surface area contributed by atoms with Crippen LogP contribution in [0.4, 0.5) is 0 Å². The molecular weight excluding hydrogens is 202 g/mol. The molecule has 1 atom stereocenters. The van der Waals surface area contributed by atoms with E-state index in [9.17, 15) is 0 Å². The van der Waals surface area contributed by atoms with Gasteiger partial charge in [0.1, 0.15) is 0 Å². The van der Waals surface area contributed by atoms with Crippen LogP contribution < -0.4 is 5.32 Å². The van der Waals surface area contributed by atoms with Gasteiger partial charge in [0.05, 0.1) is 6.61 Å². The lowest BCUT2D eigenvalue weighted by atomic mass is 10.0. The van der Waals surface area contributed by atoms with Gasteiger partial charge in [-0.1, -0.05) is 6.92 Å². The molecule has 16 heavy (non-hydrogen) atoms. The van der Waals surface area contributed by atoms with Gasteiger partial charge >= 0.3 is 0 Å². The molecule has 0 bridgehead atoms. The minimum absolute atomic E-state index is 0.203. The second-order valence-corrected chi connectivity index (χ2v) is 4.77. The first-order valence-electron chi connectivity index (χ1n) is 6.42. The molecule has 0 saturated carbocycles. The fourth-order valence-corrected chi connectivity index (χ4v) is 2.41. The maximum absolute atomic E-state index is 9.16. The van der Waals surface area contributed by atoms with Gasteiger partial charge in [0, 0.05) is 18.6 Å². The highest BCUT2D eigenvalue weighted by atomic mass is 16.3. The number of piperidine rings is 1. The minimum atomic E-state index is 0.203. The summed E-state index contributed by atoms with van der Waals surface area (Å²) >= 11 is 0. The average molecular weight is 229 g/mol. The van der Waals surface area contributed by atoms with Crippen LogP contribution in [-0.2, 0) is 0 Å². The third kappa shape index (κ3) is 4.01. The number of aliphatic hydroxyl groups is 1. The zero-order valence-electron chi connectivity index (χ0n) is 10.9. The Bertz CT molecular complexity index is 177. The maximum Gasteiger partial charge on any atom is 0.0597 e. The topological polar surface area (TPSA) is 38.7 Å². The number of rotatable bonds is 6. The number of aliphatic hydroxyl groups excluding tert-OH is 1. The molecule has 96 valence electrons. The van der Waals surface area contributed by atoms with Gasteiger partial charge in [-0.25, -0.2) is 0 Å². The first kappa shape index (κ1) is 13.9. The summed E-state index contributed by atoms with van der Waals surface area (Å²) in [6.45, 7) is 6.99. The Morgan fingerprint density at radius 1 is 1.44 bits per heavy atom. The molecule has 1 rings (SSSR count). The van der Waals surface area contributed by atoms with Crippen molar-refractivity contribution in [2.75, 3.05) is 46.9 Å². The average Bonchev–Trinajstić information content (AvgIpc) is 2.35. The second kappa shape index (κ2) is 7.22. The molecule has 0 aromatic carbocycles. The Hall–Kier alpha value is -0.160. The van der Waals surface area contributed by atoms with Crippen LogP contribution in [-0.4, -0.2) is 73.9 Å². The lowest BCUT2D eigenvalue weighted by molar-refractivity contribution is 0.113. The van der Waals surface area contributed by atoms with Crippen LogP contribution in [0.5, 0.6) is 0 Å². The molecule has 1 unspecified atom stereocenters. The molecule has 0 aromatic heterocycles. The summed E-state index contributed by atoms with van der Waals surface area (Å²) in [5.41, 5.74) is 0. The molecule has 1 aliphatic rings. The molecule has 1 heterocycles. The monoisotopic (exact) mass is 229 g/mol. The first-order valence-corrected chi connectivity index (χ1v) is 6.42. The van der Waals surface area contributed by atoms with E-state index in [1.807, 2.05) is 7.05 Å². The third-order valence-electron chi connectivity index (χ3n) is 3.76. The van der Waals surface area contributed by atoms with Gasteiger partial charge in [-0.05, 0) is 46.6 Å². The van der Waals surface area contributed by atoms with Crippen LogP contribution in [0, 0.1) is 0 Å². The largest absolute Gasteiger partial charge is 0.395 e. The zero-order chi connectivity index (χ0) is 12.0. The molecular formula is C12H27N3O. The van der Waals surface area contributed by atoms with Crippen LogP contribution in [0.15, 0.2) is 0 Å². The molecule has 2 N–H and O–H groups in total. The normalized spacial score (nSPS) is 21.6. The lowest BCUT2D eigenvalue weighted by Gasteiger charge is -2.37. The summed E-state index contributed by atoms with van der Waals surface area (Å²) in [5.74, 6) is 0. The van der Waals surface area contributed by atoms with Gasteiger partial charge in [0.2, 0.25) is 0 Å². The van der Waals surface area contributed by atoms with Crippen LogP contribution in [0.1, 0.15) is 19.8 Å². The molecule has 4 nitrogen and oxygen atoms in total.